The Bertz CT molecular complexity index is 543. The Morgan fingerprint density at radius 2 is 2.06 bits per heavy atom. The fourth-order valence-electron chi connectivity index (χ4n) is 2.32. The lowest BCUT2D eigenvalue weighted by Gasteiger charge is -2.07. The van der Waals surface area contributed by atoms with E-state index in [1.54, 1.807) is 7.11 Å². The summed E-state index contributed by atoms with van der Waals surface area (Å²) in [5, 5.41) is 1.23. The Labute approximate surface area is 102 Å². The third-order valence-corrected chi connectivity index (χ3v) is 3.38. The third-order valence-electron chi connectivity index (χ3n) is 3.38. The highest BCUT2D eigenvalue weighted by Crippen LogP contribution is 2.33. The molecule has 0 spiro atoms. The van der Waals surface area contributed by atoms with Crippen LogP contribution in [0.5, 0.6) is 5.75 Å². The van der Waals surface area contributed by atoms with Gasteiger partial charge >= 0.3 is 0 Å². The molecule has 17 heavy (non-hydrogen) atoms. The minimum atomic E-state index is 0.340. The van der Waals surface area contributed by atoms with E-state index in [9.17, 15) is 0 Å². The number of hydrogen-bond acceptors (Lipinski definition) is 2. The fraction of sp³-hybridized carbons (Fsp3) is 0.429. The van der Waals surface area contributed by atoms with Crippen LogP contribution in [0.25, 0.3) is 10.9 Å². The summed E-state index contributed by atoms with van der Waals surface area (Å²) >= 11 is 0. The van der Waals surface area contributed by atoms with Crippen molar-refractivity contribution in [3.8, 4) is 5.75 Å². The zero-order valence-electron chi connectivity index (χ0n) is 10.9. The summed E-state index contributed by atoms with van der Waals surface area (Å²) in [5.74, 6) is 1.24. The van der Waals surface area contributed by atoms with Crippen LogP contribution >= 0.6 is 0 Å². The Hall–Kier alpha value is -1.48. The maximum absolute atomic E-state index is 5.74. The van der Waals surface area contributed by atoms with Gasteiger partial charge in [0.1, 0.15) is 5.75 Å². The number of H-pyrrole nitrogens is 1. The first-order valence-corrected chi connectivity index (χ1v) is 5.95. The lowest BCUT2D eigenvalue weighted by atomic mass is 10.0. The zero-order valence-corrected chi connectivity index (χ0v) is 10.9. The molecular weight excluding hydrogens is 212 g/mol. The van der Waals surface area contributed by atoms with E-state index in [4.69, 9.17) is 10.5 Å². The molecule has 0 saturated carbocycles. The van der Waals surface area contributed by atoms with E-state index in [-0.39, 0.29) is 0 Å². The summed E-state index contributed by atoms with van der Waals surface area (Å²) in [6.45, 7) is 7.01. The highest BCUT2D eigenvalue weighted by Gasteiger charge is 2.15. The standard InChI is InChI=1S/C14H20N2O/c1-8-5-11-10(3)13(9(2)7-15)16-14(11)12(6-8)17-4/h5-6,9,16H,7,15H2,1-4H3. The Balaban J connectivity index is 2.72. The average Bonchev–Trinajstić information content (AvgIpc) is 2.65. The van der Waals surface area contributed by atoms with Crippen LogP contribution in [0.2, 0.25) is 0 Å². The summed E-state index contributed by atoms with van der Waals surface area (Å²) in [6.07, 6.45) is 0. The van der Waals surface area contributed by atoms with Crippen LogP contribution in [0.4, 0.5) is 0 Å². The first-order chi connectivity index (χ1) is 8.08. The Morgan fingerprint density at radius 1 is 1.35 bits per heavy atom. The van der Waals surface area contributed by atoms with Crippen LogP contribution in [0.15, 0.2) is 12.1 Å². The Kier molecular flexibility index (Phi) is 3.11. The predicted molar refractivity (Wildman–Crippen MR) is 71.8 cm³/mol. The fourth-order valence-corrected chi connectivity index (χ4v) is 2.32. The molecule has 2 rings (SSSR count). The van der Waals surface area contributed by atoms with E-state index in [2.05, 4.69) is 37.9 Å². The van der Waals surface area contributed by atoms with Gasteiger partial charge in [0.15, 0.2) is 0 Å². The minimum absolute atomic E-state index is 0.340. The predicted octanol–water partition coefficient (Wildman–Crippen LogP) is 2.86. The summed E-state index contributed by atoms with van der Waals surface area (Å²) < 4.78 is 5.43. The highest BCUT2D eigenvalue weighted by molar-refractivity contribution is 5.90. The lowest BCUT2D eigenvalue weighted by molar-refractivity contribution is 0.418. The molecule has 0 bridgehead atoms. The largest absolute Gasteiger partial charge is 0.495 e. The second kappa shape index (κ2) is 4.41. The number of nitrogens with one attached hydrogen (secondary N) is 1. The van der Waals surface area contributed by atoms with Crippen molar-refractivity contribution in [2.45, 2.75) is 26.7 Å². The second-order valence-corrected chi connectivity index (χ2v) is 4.69. The molecule has 92 valence electrons. The van der Waals surface area contributed by atoms with Crippen LogP contribution in [-0.2, 0) is 0 Å². The van der Waals surface area contributed by atoms with Crippen molar-refractivity contribution in [1.82, 2.24) is 4.98 Å². The summed E-state index contributed by atoms with van der Waals surface area (Å²) in [7, 11) is 1.70. The highest BCUT2D eigenvalue weighted by atomic mass is 16.5. The molecule has 1 aromatic heterocycles. The molecule has 0 radical (unpaired) electrons. The maximum Gasteiger partial charge on any atom is 0.143 e. The van der Waals surface area contributed by atoms with Crippen LogP contribution in [-0.4, -0.2) is 18.6 Å². The van der Waals surface area contributed by atoms with E-state index in [1.807, 2.05) is 0 Å². The first-order valence-electron chi connectivity index (χ1n) is 5.95. The number of methoxy groups -OCH3 is 1. The molecule has 0 aliphatic carbocycles. The topological polar surface area (TPSA) is 51.0 Å². The van der Waals surface area contributed by atoms with Gasteiger partial charge in [0.25, 0.3) is 0 Å². The molecule has 3 N–H and O–H groups in total. The molecule has 3 heteroatoms. The van der Waals surface area contributed by atoms with Crippen molar-refractivity contribution < 1.29 is 4.74 Å². The van der Waals surface area contributed by atoms with E-state index in [0.717, 1.165) is 11.3 Å². The first kappa shape index (κ1) is 12.0. The van der Waals surface area contributed by atoms with E-state index in [0.29, 0.717) is 12.5 Å². The molecule has 1 heterocycles. The molecule has 0 aliphatic heterocycles. The van der Waals surface area contributed by atoms with Crippen molar-refractivity contribution >= 4 is 10.9 Å². The van der Waals surface area contributed by atoms with Crippen molar-refractivity contribution in [3.05, 3.63) is 29.0 Å². The number of aromatic amines is 1. The van der Waals surface area contributed by atoms with Gasteiger partial charge < -0.3 is 15.5 Å². The van der Waals surface area contributed by atoms with Crippen LogP contribution in [0.1, 0.15) is 29.7 Å². The van der Waals surface area contributed by atoms with E-state index >= 15 is 0 Å². The van der Waals surface area contributed by atoms with Gasteiger partial charge in [-0.25, -0.2) is 0 Å². The summed E-state index contributed by atoms with van der Waals surface area (Å²) in [4.78, 5) is 3.46. The third kappa shape index (κ3) is 1.91. The van der Waals surface area contributed by atoms with E-state index < -0.39 is 0 Å². The molecule has 0 saturated heterocycles. The van der Waals surface area contributed by atoms with Crippen LogP contribution < -0.4 is 10.5 Å². The lowest BCUT2D eigenvalue weighted by Crippen LogP contribution is -2.10. The van der Waals surface area contributed by atoms with Crippen molar-refractivity contribution in [2.24, 2.45) is 5.73 Å². The number of nitrogens with two attached hydrogens (primary N) is 1. The number of aromatic nitrogens is 1. The average molecular weight is 232 g/mol. The molecule has 1 aromatic carbocycles. The molecular formula is C14H20N2O. The molecule has 0 amide bonds. The number of aryl methyl sites for hydroxylation is 2. The quantitative estimate of drug-likeness (QED) is 0.855. The smallest absolute Gasteiger partial charge is 0.143 e. The number of ether oxygens (including phenoxy) is 1. The molecule has 1 unspecified atom stereocenters. The van der Waals surface area contributed by atoms with Gasteiger partial charge in [-0.2, -0.15) is 0 Å². The van der Waals surface area contributed by atoms with Gasteiger partial charge in [-0.15, -0.1) is 0 Å². The number of benzene rings is 1. The number of hydrogen-bond donors (Lipinski definition) is 2. The van der Waals surface area contributed by atoms with Crippen LogP contribution in [0, 0.1) is 13.8 Å². The minimum Gasteiger partial charge on any atom is -0.495 e. The summed E-state index contributed by atoms with van der Waals surface area (Å²) in [6, 6.07) is 4.24. The number of rotatable bonds is 3. The second-order valence-electron chi connectivity index (χ2n) is 4.69. The van der Waals surface area contributed by atoms with Gasteiger partial charge in [-0.05, 0) is 37.1 Å². The SMILES string of the molecule is COc1cc(C)cc2c(C)c(C(C)CN)[nH]c12. The monoisotopic (exact) mass is 232 g/mol. The maximum atomic E-state index is 5.74. The molecule has 1 atom stereocenters. The molecule has 3 nitrogen and oxygen atoms in total. The van der Waals surface area contributed by atoms with Crippen molar-refractivity contribution in [2.75, 3.05) is 13.7 Å². The van der Waals surface area contributed by atoms with Gasteiger partial charge in [-0.3, -0.25) is 0 Å². The normalized spacial score (nSPS) is 13.0. The molecule has 0 aliphatic rings. The summed E-state index contributed by atoms with van der Waals surface area (Å²) in [5.41, 5.74) is 10.5. The Morgan fingerprint density at radius 3 is 2.65 bits per heavy atom. The van der Waals surface area contributed by atoms with Gasteiger partial charge in [0, 0.05) is 23.5 Å². The molecule has 2 aromatic rings. The van der Waals surface area contributed by atoms with E-state index in [1.165, 1.54) is 22.2 Å². The van der Waals surface area contributed by atoms with Crippen molar-refractivity contribution in [3.63, 3.8) is 0 Å². The number of fused-ring (bicyclic) bond motifs is 1. The van der Waals surface area contributed by atoms with Gasteiger partial charge in [0.2, 0.25) is 0 Å². The van der Waals surface area contributed by atoms with Crippen LogP contribution in [0.3, 0.4) is 0 Å². The molecule has 0 fully saturated rings. The zero-order chi connectivity index (χ0) is 12.6. The van der Waals surface area contributed by atoms with Crippen molar-refractivity contribution in [1.29, 1.82) is 0 Å². The van der Waals surface area contributed by atoms with Gasteiger partial charge in [-0.1, -0.05) is 6.92 Å². The van der Waals surface area contributed by atoms with Gasteiger partial charge in [0.05, 0.1) is 12.6 Å².